The first-order valence-corrected chi connectivity index (χ1v) is 8.12. The van der Waals surface area contributed by atoms with E-state index in [2.05, 4.69) is 41.9 Å². The highest BCUT2D eigenvalue weighted by Crippen LogP contribution is 2.60. The predicted molar refractivity (Wildman–Crippen MR) is 90.0 cm³/mol. The minimum absolute atomic E-state index is 0.0817. The maximum absolute atomic E-state index is 11.3. The number of fused-ring (bicyclic) bond motifs is 8. The maximum atomic E-state index is 11.3. The molecule has 23 heavy (non-hydrogen) atoms. The Balaban J connectivity index is 1.84. The molecule has 3 aromatic rings. The first-order valence-electron chi connectivity index (χ1n) is 8.12. The van der Waals surface area contributed by atoms with E-state index in [0.29, 0.717) is 0 Å². The van der Waals surface area contributed by atoms with E-state index in [-0.39, 0.29) is 5.92 Å². The van der Waals surface area contributed by atoms with Crippen molar-refractivity contribution in [1.82, 2.24) is 4.57 Å². The first kappa shape index (κ1) is 13.2. The smallest absolute Gasteiger partial charge is 0.119 e. The Labute approximate surface area is 135 Å². The molecule has 0 spiro atoms. The van der Waals surface area contributed by atoms with Crippen molar-refractivity contribution < 1.29 is 9.84 Å². The van der Waals surface area contributed by atoms with Gasteiger partial charge in [0.25, 0.3) is 0 Å². The van der Waals surface area contributed by atoms with Crippen molar-refractivity contribution in [2.75, 3.05) is 7.11 Å². The van der Waals surface area contributed by atoms with Crippen LogP contribution in [-0.4, -0.2) is 16.8 Å². The monoisotopic (exact) mass is 305 g/mol. The lowest BCUT2D eigenvalue weighted by molar-refractivity contribution is -0.0217. The Hall–Kier alpha value is -2.26. The van der Waals surface area contributed by atoms with E-state index in [0.717, 1.165) is 24.2 Å². The number of aliphatic hydroxyl groups is 1. The highest BCUT2D eigenvalue weighted by molar-refractivity contribution is 5.89. The van der Waals surface area contributed by atoms with E-state index in [4.69, 9.17) is 4.74 Å². The van der Waals surface area contributed by atoms with Gasteiger partial charge in [-0.2, -0.15) is 0 Å². The zero-order valence-electron chi connectivity index (χ0n) is 13.3. The molecule has 2 aliphatic carbocycles. The summed E-state index contributed by atoms with van der Waals surface area (Å²) in [5.41, 5.74) is 5.51. The van der Waals surface area contributed by atoms with Gasteiger partial charge in [0.2, 0.25) is 0 Å². The number of nitrogens with zero attached hydrogens (tertiary/aromatic N) is 1. The van der Waals surface area contributed by atoms with Crippen molar-refractivity contribution in [2.45, 2.75) is 24.4 Å². The van der Waals surface area contributed by atoms with Gasteiger partial charge in [-0.25, -0.2) is 0 Å². The third-order valence-corrected chi connectivity index (χ3v) is 5.82. The van der Waals surface area contributed by atoms with Crippen LogP contribution in [0.15, 0.2) is 42.5 Å². The third kappa shape index (κ3) is 1.44. The second-order valence-corrected chi connectivity index (χ2v) is 6.75. The van der Waals surface area contributed by atoms with E-state index in [1.54, 1.807) is 7.11 Å². The fourth-order valence-electron chi connectivity index (χ4n) is 4.72. The van der Waals surface area contributed by atoms with E-state index < -0.39 is 5.60 Å². The zero-order chi connectivity index (χ0) is 15.8. The number of aryl methyl sites for hydroxylation is 1. The summed E-state index contributed by atoms with van der Waals surface area (Å²) < 4.78 is 7.71. The molecule has 5 rings (SSSR count). The predicted octanol–water partition coefficient (Wildman–Crippen LogP) is 3.47. The van der Waals surface area contributed by atoms with Crippen LogP contribution in [0.3, 0.4) is 0 Å². The minimum Gasteiger partial charge on any atom is -0.497 e. The highest BCUT2D eigenvalue weighted by Gasteiger charge is 2.54. The summed E-state index contributed by atoms with van der Waals surface area (Å²) in [6.45, 7) is 0. The molecule has 1 aromatic heterocycles. The van der Waals surface area contributed by atoms with Gasteiger partial charge in [-0.05, 0) is 47.7 Å². The second-order valence-electron chi connectivity index (χ2n) is 6.75. The Morgan fingerprint density at radius 3 is 2.87 bits per heavy atom. The molecule has 0 saturated heterocycles. The topological polar surface area (TPSA) is 34.4 Å². The van der Waals surface area contributed by atoms with Gasteiger partial charge in [0, 0.05) is 29.6 Å². The molecule has 1 N–H and O–H groups in total. The highest BCUT2D eigenvalue weighted by atomic mass is 16.5. The standard InChI is InChI=1S/C20H19NO2/c1-21-16-8-7-12(23-2)11-14(16)18-17(21)9-10-20(22)15-6-4-3-5-13(15)19(18)20/h3-8,11,19,22H,9-10H2,1-2H3. The molecule has 3 heteroatoms. The average Bonchev–Trinajstić information content (AvgIpc) is 2.85. The molecule has 0 radical (unpaired) electrons. The van der Waals surface area contributed by atoms with Gasteiger partial charge in [-0.1, -0.05) is 24.3 Å². The average molecular weight is 305 g/mol. The van der Waals surface area contributed by atoms with Gasteiger partial charge in [0.15, 0.2) is 0 Å². The number of rotatable bonds is 1. The summed E-state index contributed by atoms with van der Waals surface area (Å²) in [4.78, 5) is 0. The summed E-state index contributed by atoms with van der Waals surface area (Å²) in [7, 11) is 3.83. The molecular formula is C20H19NO2. The normalized spacial score (nSPS) is 24.6. The minimum atomic E-state index is -0.707. The molecule has 2 aliphatic rings. The molecule has 116 valence electrons. The molecule has 2 atom stereocenters. The summed E-state index contributed by atoms with van der Waals surface area (Å²) in [5.74, 6) is 0.950. The largest absolute Gasteiger partial charge is 0.497 e. The van der Waals surface area contributed by atoms with Crippen LogP contribution in [0.1, 0.15) is 34.7 Å². The number of aromatic nitrogens is 1. The Bertz CT molecular complexity index is 956. The number of hydrogen-bond donors (Lipinski definition) is 1. The molecule has 0 fully saturated rings. The number of ether oxygens (including phenoxy) is 1. The van der Waals surface area contributed by atoms with Crippen molar-refractivity contribution in [3.05, 3.63) is 64.8 Å². The SMILES string of the molecule is COc1ccc2c(c1)c1c(n2C)CCC2(O)c3ccccc3C12. The van der Waals surface area contributed by atoms with Crippen LogP contribution in [-0.2, 0) is 19.1 Å². The zero-order valence-corrected chi connectivity index (χ0v) is 13.3. The van der Waals surface area contributed by atoms with Gasteiger partial charge in [-0.15, -0.1) is 0 Å². The van der Waals surface area contributed by atoms with Gasteiger partial charge in [0.1, 0.15) is 11.4 Å². The molecule has 2 aromatic carbocycles. The van der Waals surface area contributed by atoms with Crippen LogP contribution >= 0.6 is 0 Å². The summed E-state index contributed by atoms with van der Waals surface area (Å²) >= 11 is 0. The van der Waals surface area contributed by atoms with Gasteiger partial charge >= 0.3 is 0 Å². The summed E-state index contributed by atoms with van der Waals surface area (Å²) in [6.07, 6.45) is 1.70. The number of benzene rings is 2. The van der Waals surface area contributed by atoms with Crippen molar-refractivity contribution in [3.8, 4) is 5.75 Å². The van der Waals surface area contributed by atoms with Crippen molar-refractivity contribution in [1.29, 1.82) is 0 Å². The van der Waals surface area contributed by atoms with Crippen molar-refractivity contribution in [3.63, 3.8) is 0 Å². The van der Waals surface area contributed by atoms with Gasteiger partial charge in [-0.3, -0.25) is 0 Å². The van der Waals surface area contributed by atoms with Crippen LogP contribution in [0.4, 0.5) is 0 Å². The van der Waals surface area contributed by atoms with Crippen LogP contribution in [0, 0.1) is 0 Å². The fraction of sp³-hybridized carbons (Fsp3) is 0.300. The summed E-state index contributed by atoms with van der Waals surface area (Å²) in [5, 5.41) is 12.5. The number of hydrogen-bond acceptors (Lipinski definition) is 2. The molecule has 0 aliphatic heterocycles. The molecular weight excluding hydrogens is 286 g/mol. The van der Waals surface area contributed by atoms with Crippen molar-refractivity contribution >= 4 is 10.9 Å². The van der Waals surface area contributed by atoms with Crippen LogP contribution in [0.25, 0.3) is 10.9 Å². The Morgan fingerprint density at radius 1 is 1.22 bits per heavy atom. The van der Waals surface area contributed by atoms with Crippen LogP contribution in [0.5, 0.6) is 5.75 Å². The van der Waals surface area contributed by atoms with E-state index in [1.165, 1.54) is 27.7 Å². The Morgan fingerprint density at radius 2 is 2.04 bits per heavy atom. The lowest BCUT2D eigenvalue weighted by Gasteiger charge is -2.50. The molecule has 2 unspecified atom stereocenters. The molecule has 0 amide bonds. The molecule has 0 bridgehead atoms. The van der Waals surface area contributed by atoms with Gasteiger partial charge in [0.05, 0.1) is 7.11 Å². The third-order valence-electron chi connectivity index (χ3n) is 5.82. The maximum Gasteiger partial charge on any atom is 0.119 e. The second kappa shape index (κ2) is 4.18. The van der Waals surface area contributed by atoms with E-state index in [1.807, 2.05) is 12.1 Å². The van der Waals surface area contributed by atoms with E-state index >= 15 is 0 Å². The molecule has 3 nitrogen and oxygen atoms in total. The molecule has 1 heterocycles. The van der Waals surface area contributed by atoms with Crippen molar-refractivity contribution in [2.24, 2.45) is 7.05 Å². The quantitative estimate of drug-likeness (QED) is 0.747. The summed E-state index contributed by atoms with van der Waals surface area (Å²) in [6, 6.07) is 14.6. The lowest BCUT2D eigenvalue weighted by atomic mass is 9.57. The van der Waals surface area contributed by atoms with E-state index in [9.17, 15) is 5.11 Å². The van der Waals surface area contributed by atoms with Crippen LogP contribution in [0.2, 0.25) is 0 Å². The fourth-order valence-corrected chi connectivity index (χ4v) is 4.72. The molecule has 0 saturated carbocycles. The lowest BCUT2D eigenvalue weighted by Crippen LogP contribution is -2.47. The van der Waals surface area contributed by atoms with Gasteiger partial charge < -0.3 is 14.4 Å². The Kier molecular flexibility index (Phi) is 2.40. The van der Waals surface area contributed by atoms with Crippen LogP contribution < -0.4 is 4.74 Å². The first-order chi connectivity index (χ1) is 11.1. The number of methoxy groups -OCH3 is 1.